The molecule has 0 bridgehead atoms. The van der Waals surface area contributed by atoms with Crippen LogP contribution in [-0.2, 0) is 4.79 Å². The van der Waals surface area contributed by atoms with Crippen molar-refractivity contribution in [2.45, 2.75) is 45.8 Å². The molecule has 1 rings (SSSR count). The van der Waals surface area contributed by atoms with E-state index in [2.05, 4.69) is 10.6 Å². The van der Waals surface area contributed by atoms with Gasteiger partial charge < -0.3 is 10.4 Å². The zero-order valence-corrected chi connectivity index (χ0v) is 12.2. The van der Waals surface area contributed by atoms with Crippen molar-refractivity contribution in [2.75, 3.05) is 19.6 Å². The number of carbonyl (C=O) groups is 2. The highest BCUT2D eigenvalue weighted by Crippen LogP contribution is 2.16. The first-order chi connectivity index (χ1) is 8.67. The van der Waals surface area contributed by atoms with Gasteiger partial charge in [-0.05, 0) is 39.7 Å². The predicted octanol–water partition coefficient (Wildman–Crippen LogP) is 0.313. The van der Waals surface area contributed by atoms with Gasteiger partial charge in [0, 0.05) is 12.1 Å². The summed E-state index contributed by atoms with van der Waals surface area (Å²) in [6, 6.07) is -0.483. The Balaban J connectivity index is 2.33. The van der Waals surface area contributed by atoms with Gasteiger partial charge in [-0.1, -0.05) is 6.92 Å². The third-order valence-corrected chi connectivity index (χ3v) is 3.11. The van der Waals surface area contributed by atoms with E-state index in [0.29, 0.717) is 6.54 Å². The fourth-order valence-electron chi connectivity index (χ4n) is 2.00. The minimum Gasteiger partial charge on any atom is -0.392 e. The summed E-state index contributed by atoms with van der Waals surface area (Å²) in [6.07, 6.45) is 0.466. The number of aliphatic hydroxyl groups excluding tert-OH is 1. The minimum absolute atomic E-state index is 0.140. The molecule has 1 heterocycles. The monoisotopic (exact) mass is 271 g/mol. The second-order valence-electron chi connectivity index (χ2n) is 6.32. The van der Waals surface area contributed by atoms with E-state index in [-0.39, 0.29) is 23.9 Å². The number of aliphatic hydroxyl groups is 1. The van der Waals surface area contributed by atoms with Crippen LogP contribution in [0.25, 0.3) is 0 Å². The molecule has 6 nitrogen and oxygen atoms in total. The van der Waals surface area contributed by atoms with Crippen molar-refractivity contribution in [3.8, 4) is 0 Å². The molecule has 0 aliphatic carbocycles. The third-order valence-electron chi connectivity index (χ3n) is 3.11. The van der Waals surface area contributed by atoms with E-state index in [1.807, 2.05) is 32.6 Å². The number of likely N-dealkylation sites (tertiary alicyclic amines) is 1. The van der Waals surface area contributed by atoms with Gasteiger partial charge in [0.15, 0.2) is 0 Å². The smallest absolute Gasteiger partial charge is 0.321 e. The zero-order chi connectivity index (χ0) is 14.6. The van der Waals surface area contributed by atoms with Gasteiger partial charge in [-0.25, -0.2) is 4.79 Å². The lowest BCUT2D eigenvalue weighted by atomic mass is 9.96. The Hall–Kier alpha value is -1.14. The van der Waals surface area contributed by atoms with Crippen LogP contribution in [0.5, 0.6) is 0 Å². The fourth-order valence-corrected chi connectivity index (χ4v) is 2.00. The maximum absolute atomic E-state index is 11.7. The lowest BCUT2D eigenvalue weighted by Crippen LogP contribution is -2.52. The van der Waals surface area contributed by atoms with Gasteiger partial charge in [0.2, 0.25) is 5.91 Å². The molecule has 6 heteroatoms. The first-order valence-electron chi connectivity index (χ1n) is 6.70. The van der Waals surface area contributed by atoms with Crippen LogP contribution in [0.2, 0.25) is 0 Å². The second-order valence-corrected chi connectivity index (χ2v) is 6.32. The SMILES string of the molecule is CC1CCN(CC(=O)NC(=O)NC(C)(C)C)CC1O. The summed E-state index contributed by atoms with van der Waals surface area (Å²) in [6.45, 7) is 8.93. The Morgan fingerprint density at radius 3 is 2.53 bits per heavy atom. The van der Waals surface area contributed by atoms with Gasteiger partial charge in [-0.2, -0.15) is 0 Å². The first kappa shape index (κ1) is 15.9. The molecule has 2 unspecified atom stereocenters. The third kappa shape index (κ3) is 6.02. The summed E-state index contributed by atoms with van der Waals surface area (Å²) >= 11 is 0. The summed E-state index contributed by atoms with van der Waals surface area (Å²) in [5.41, 5.74) is -0.374. The van der Waals surface area contributed by atoms with Crippen LogP contribution in [0.3, 0.4) is 0 Å². The van der Waals surface area contributed by atoms with Gasteiger partial charge >= 0.3 is 6.03 Å². The number of hydrogen-bond acceptors (Lipinski definition) is 4. The van der Waals surface area contributed by atoms with Crippen LogP contribution in [0, 0.1) is 5.92 Å². The molecule has 3 N–H and O–H groups in total. The topological polar surface area (TPSA) is 81.7 Å². The molecular formula is C13H25N3O3. The number of nitrogens with one attached hydrogen (secondary N) is 2. The van der Waals surface area contributed by atoms with Gasteiger partial charge in [0.25, 0.3) is 0 Å². The van der Waals surface area contributed by atoms with E-state index in [1.165, 1.54) is 0 Å². The highest BCUT2D eigenvalue weighted by atomic mass is 16.3. The minimum atomic E-state index is -0.483. The molecular weight excluding hydrogens is 246 g/mol. The Kier molecular flexibility index (Phi) is 5.31. The van der Waals surface area contributed by atoms with Crippen molar-refractivity contribution in [1.29, 1.82) is 0 Å². The number of amides is 3. The average Bonchev–Trinajstić information content (AvgIpc) is 2.20. The number of β-amino-alcohol motifs (C(OH)–C–C–N with tert-alkyl or cyclic N) is 1. The molecule has 1 saturated heterocycles. The van der Waals surface area contributed by atoms with E-state index >= 15 is 0 Å². The largest absolute Gasteiger partial charge is 0.392 e. The molecule has 110 valence electrons. The van der Waals surface area contributed by atoms with Crippen molar-refractivity contribution in [3.63, 3.8) is 0 Å². The van der Waals surface area contributed by atoms with Crippen molar-refractivity contribution in [2.24, 2.45) is 5.92 Å². The molecule has 19 heavy (non-hydrogen) atoms. The van der Waals surface area contributed by atoms with Crippen LogP contribution in [-0.4, -0.2) is 53.2 Å². The number of hydrogen-bond donors (Lipinski definition) is 3. The normalized spacial score (nSPS) is 24.9. The molecule has 2 atom stereocenters. The van der Waals surface area contributed by atoms with Crippen molar-refractivity contribution in [3.05, 3.63) is 0 Å². The molecule has 1 aliphatic heterocycles. The van der Waals surface area contributed by atoms with Crippen LogP contribution < -0.4 is 10.6 Å². The van der Waals surface area contributed by atoms with Gasteiger partial charge in [0.05, 0.1) is 12.6 Å². The van der Waals surface area contributed by atoms with E-state index < -0.39 is 12.1 Å². The maximum atomic E-state index is 11.7. The molecule has 0 saturated carbocycles. The quantitative estimate of drug-likeness (QED) is 0.675. The average molecular weight is 271 g/mol. The molecule has 1 aliphatic rings. The molecule has 0 radical (unpaired) electrons. The zero-order valence-electron chi connectivity index (χ0n) is 12.2. The van der Waals surface area contributed by atoms with Gasteiger partial charge in [-0.3, -0.25) is 15.0 Å². The Labute approximate surface area is 114 Å². The van der Waals surface area contributed by atoms with E-state index in [9.17, 15) is 14.7 Å². The van der Waals surface area contributed by atoms with Crippen molar-refractivity contribution >= 4 is 11.9 Å². The van der Waals surface area contributed by atoms with Gasteiger partial charge in [-0.15, -0.1) is 0 Å². The number of urea groups is 1. The Morgan fingerprint density at radius 1 is 1.37 bits per heavy atom. The van der Waals surface area contributed by atoms with E-state index in [1.54, 1.807) is 0 Å². The van der Waals surface area contributed by atoms with Crippen LogP contribution in [0.15, 0.2) is 0 Å². The lowest BCUT2D eigenvalue weighted by Gasteiger charge is -2.33. The standard InChI is InChI=1S/C13H25N3O3/c1-9-5-6-16(7-10(9)17)8-11(18)14-12(19)15-13(2,3)4/h9-10,17H,5-8H2,1-4H3,(H2,14,15,18,19). The summed E-state index contributed by atoms with van der Waals surface area (Å²) in [5.74, 6) is -0.0768. The summed E-state index contributed by atoms with van der Waals surface area (Å²) in [4.78, 5) is 25.1. The number of imide groups is 1. The van der Waals surface area contributed by atoms with E-state index in [4.69, 9.17) is 0 Å². The lowest BCUT2D eigenvalue weighted by molar-refractivity contribution is -0.122. The van der Waals surface area contributed by atoms with E-state index in [0.717, 1.165) is 13.0 Å². The summed E-state index contributed by atoms with van der Waals surface area (Å²) in [7, 11) is 0. The second kappa shape index (κ2) is 6.34. The van der Waals surface area contributed by atoms with Crippen LogP contribution in [0.1, 0.15) is 34.1 Å². The molecule has 0 aromatic carbocycles. The Bertz CT molecular complexity index is 339. The fraction of sp³-hybridized carbons (Fsp3) is 0.846. The summed E-state index contributed by atoms with van der Waals surface area (Å²) < 4.78 is 0. The highest BCUT2D eigenvalue weighted by molar-refractivity contribution is 5.95. The maximum Gasteiger partial charge on any atom is 0.321 e. The van der Waals surface area contributed by atoms with Crippen LogP contribution in [0.4, 0.5) is 4.79 Å². The number of rotatable bonds is 2. The van der Waals surface area contributed by atoms with Crippen molar-refractivity contribution < 1.29 is 14.7 Å². The Morgan fingerprint density at radius 2 is 2.00 bits per heavy atom. The molecule has 0 aromatic heterocycles. The number of piperidine rings is 1. The molecule has 1 fully saturated rings. The number of carbonyl (C=O) groups excluding carboxylic acids is 2. The van der Waals surface area contributed by atoms with Crippen molar-refractivity contribution in [1.82, 2.24) is 15.5 Å². The van der Waals surface area contributed by atoms with Gasteiger partial charge in [0.1, 0.15) is 0 Å². The number of nitrogens with zero attached hydrogens (tertiary/aromatic N) is 1. The predicted molar refractivity (Wildman–Crippen MR) is 72.7 cm³/mol. The molecule has 0 aromatic rings. The summed E-state index contributed by atoms with van der Waals surface area (Å²) in [5, 5.41) is 14.7. The van der Waals surface area contributed by atoms with Crippen LogP contribution >= 0.6 is 0 Å². The first-order valence-corrected chi connectivity index (χ1v) is 6.70. The molecule has 0 spiro atoms. The highest BCUT2D eigenvalue weighted by Gasteiger charge is 2.26. The molecule has 3 amide bonds.